The zero-order valence-corrected chi connectivity index (χ0v) is 15.5. The van der Waals surface area contributed by atoms with Crippen molar-refractivity contribution in [3.8, 4) is 0 Å². The highest BCUT2D eigenvalue weighted by Gasteiger charge is 2.26. The number of rotatable bonds is 6. The van der Waals surface area contributed by atoms with Gasteiger partial charge >= 0.3 is 0 Å². The standard InChI is InChI=1S/C16H18F2N4O4S/c1-19-16(24)14(9-4-5-11(17)12(18)6-9)21-15(23)13-7-10(8-22(13)3)27(25,26)20-2/h4-8,14,20H,1-3H3,(H,19,24)(H,21,23). The molecule has 0 aliphatic carbocycles. The number of nitrogens with one attached hydrogen (secondary N) is 3. The molecule has 0 aliphatic heterocycles. The van der Waals surface area contributed by atoms with Gasteiger partial charge < -0.3 is 15.2 Å². The van der Waals surface area contributed by atoms with Crippen molar-refractivity contribution in [1.29, 1.82) is 0 Å². The average molecular weight is 400 g/mol. The Labute approximate surface area is 154 Å². The number of hydrogen-bond acceptors (Lipinski definition) is 4. The maximum absolute atomic E-state index is 13.5. The van der Waals surface area contributed by atoms with Gasteiger partial charge in [-0.2, -0.15) is 0 Å². The van der Waals surface area contributed by atoms with E-state index in [0.29, 0.717) is 0 Å². The van der Waals surface area contributed by atoms with Crippen LogP contribution in [0, 0.1) is 11.6 Å². The molecule has 1 atom stereocenters. The minimum Gasteiger partial charge on any atom is -0.357 e. The largest absolute Gasteiger partial charge is 0.357 e. The van der Waals surface area contributed by atoms with Gasteiger partial charge in [0, 0.05) is 20.3 Å². The highest BCUT2D eigenvalue weighted by Crippen LogP contribution is 2.19. The van der Waals surface area contributed by atoms with Crippen LogP contribution in [0.25, 0.3) is 0 Å². The summed E-state index contributed by atoms with van der Waals surface area (Å²) in [6, 6.07) is 2.63. The zero-order chi connectivity index (χ0) is 20.4. The number of aryl methyl sites for hydroxylation is 1. The third kappa shape index (κ3) is 4.31. The molecule has 3 N–H and O–H groups in total. The molecule has 0 spiro atoms. The van der Waals surface area contributed by atoms with Crippen LogP contribution in [0.4, 0.5) is 8.78 Å². The van der Waals surface area contributed by atoms with Crippen LogP contribution < -0.4 is 15.4 Å². The first-order valence-corrected chi connectivity index (χ1v) is 9.16. The van der Waals surface area contributed by atoms with Gasteiger partial charge in [-0.05, 0) is 30.8 Å². The number of halogens is 2. The van der Waals surface area contributed by atoms with Crippen LogP contribution in [0.2, 0.25) is 0 Å². The van der Waals surface area contributed by atoms with Crippen molar-refractivity contribution in [1.82, 2.24) is 19.9 Å². The summed E-state index contributed by atoms with van der Waals surface area (Å²) in [6.45, 7) is 0. The second-order valence-corrected chi connectivity index (χ2v) is 7.46. The third-order valence-electron chi connectivity index (χ3n) is 3.85. The Morgan fingerprint density at radius 3 is 2.33 bits per heavy atom. The van der Waals surface area contributed by atoms with E-state index in [1.165, 1.54) is 38.0 Å². The highest BCUT2D eigenvalue weighted by molar-refractivity contribution is 7.89. The van der Waals surface area contributed by atoms with E-state index < -0.39 is 39.5 Å². The summed E-state index contributed by atoms with van der Waals surface area (Å²) >= 11 is 0. The van der Waals surface area contributed by atoms with Crippen LogP contribution in [-0.4, -0.2) is 38.9 Å². The Morgan fingerprint density at radius 2 is 1.78 bits per heavy atom. The zero-order valence-electron chi connectivity index (χ0n) is 14.7. The number of carbonyl (C=O) groups excluding carboxylic acids is 2. The molecule has 27 heavy (non-hydrogen) atoms. The Bertz CT molecular complexity index is 988. The average Bonchev–Trinajstić information content (AvgIpc) is 3.04. The fraction of sp³-hybridized carbons (Fsp3) is 0.250. The molecule has 0 bridgehead atoms. The molecule has 0 aliphatic rings. The summed E-state index contributed by atoms with van der Waals surface area (Å²) in [5.74, 6) is -3.69. The van der Waals surface area contributed by atoms with E-state index in [0.717, 1.165) is 18.2 Å². The normalized spacial score (nSPS) is 12.5. The minimum absolute atomic E-state index is 0.0267. The lowest BCUT2D eigenvalue weighted by Gasteiger charge is -2.18. The molecule has 1 aromatic heterocycles. The second-order valence-electron chi connectivity index (χ2n) is 5.57. The van der Waals surface area contributed by atoms with Crippen molar-refractivity contribution in [3.63, 3.8) is 0 Å². The molecule has 0 fully saturated rings. The van der Waals surface area contributed by atoms with Crippen LogP contribution in [0.5, 0.6) is 0 Å². The van der Waals surface area contributed by atoms with E-state index >= 15 is 0 Å². The Balaban J connectivity index is 2.37. The summed E-state index contributed by atoms with van der Waals surface area (Å²) in [5, 5.41) is 4.72. The highest BCUT2D eigenvalue weighted by atomic mass is 32.2. The van der Waals surface area contributed by atoms with Crippen LogP contribution in [0.3, 0.4) is 0 Å². The number of nitrogens with zero attached hydrogens (tertiary/aromatic N) is 1. The first-order valence-electron chi connectivity index (χ1n) is 7.68. The van der Waals surface area contributed by atoms with Crippen LogP contribution in [-0.2, 0) is 21.9 Å². The van der Waals surface area contributed by atoms with Gasteiger partial charge in [-0.15, -0.1) is 0 Å². The predicted molar refractivity (Wildman–Crippen MR) is 92.3 cm³/mol. The number of amides is 2. The van der Waals surface area contributed by atoms with Crippen molar-refractivity contribution >= 4 is 21.8 Å². The van der Waals surface area contributed by atoms with Crippen LogP contribution in [0.15, 0.2) is 35.4 Å². The monoisotopic (exact) mass is 400 g/mol. The topological polar surface area (TPSA) is 109 Å². The molecule has 146 valence electrons. The van der Waals surface area contributed by atoms with Gasteiger partial charge in [0.2, 0.25) is 15.9 Å². The van der Waals surface area contributed by atoms with E-state index in [1.807, 2.05) is 0 Å². The molecule has 11 heteroatoms. The van der Waals surface area contributed by atoms with E-state index in [4.69, 9.17) is 0 Å². The van der Waals surface area contributed by atoms with Crippen molar-refractivity contribution in [2.75, 3.05) is 14.1 Å². The summed E-state index contributed by atoms with van der Waals surface area (Å²) in [7, 11) is 0.238. The number of benzene rings is 1. The van der Waals surface area contributed by atoms with E-state index in [1.54, 1.807) is 0 Å². The first-order chi connectivity index (χ1) is 12.6. The molecule has 2 aromatic rings. The molecule has 1 aromatic carbocycles. The van der Waals surface area contributed by atoms with Crippen molar-refractivity contribution < 1.29 is 26.8 Å². The van der Waals surface area contributed by atoms with Gasteiger partial charge in [-0.1, -0.05) is 6.07 Å². The number of hydrogen-bond donors (Lipinski definition) is 3. The van der Waals surface area contributed by atoms with Gasteiger partial charge in [0.05, 0.1) is 0 Å². The lowest BCUT2D eigenvalue weighted by atomic mass is 10.1. The summed E-state index contributed by atoms with van der Waals surface area (Å²) in [4.78, 5) is 24.5. The molecule has 2 amide bonds. The molecule has 2 rings (SSSR count). The first kappa shape index (κ1) is 20.5. The number of aromatic nitrogens is 1. The maximum atomic E-state index is 13.5. The maximum Gasteiger partial charge on any atom is 0.268 e. The lowest BCUT2D eigenvalue weighted by molar-refractivity contribution is -0.122. The van der Waals surface area contributed by atoms with Crippen LogP contribution in [0.1, 0.15) is 22.1 Å². The van der Waals surface area contributed by atoms with Crippen molar-refractivity contribution in [2.45, 2.75) is 10.9 Å². The Morgan fingerprint density at radius 1 is 1.11 bits per heavy atom. The lowest BCUT2D eigenvalue weighted by Crippen LogP contribution is -2.39. The summed E-state index contributed by atoms with van der Waals surface area (Å²) < 4.78 is 53.8. The van der Waals surface area contributed by atoms with Crippen LogP contribution >= 0.6 is 0 Å². The van der Waals surface area contributed by atoms with Crippen molar-refractivity contribution in [3.05, 3.63) is 53.4 Å². The van der Waals surface area contributed by atoms with E-state index in [9.17, 15) is 26.8 Å². The fourth-order valence-corrected chi connectivity index (χ4v) is 3.17. The van der Waals surface area contributed by atoms with Gasteiger partial charge in [-0.25, -0.2) is 21.9 Å². The Hall–Kier alpha value is -2.79. The molecule has 0 saturated heterocycles. The van der Waals surface area contributed by atoms with Gasteiger partial charge in [-0.3, -0.25) is 9.59 Å². The Kier molecular flexibility index (Phi) is 5.96. The molecule has 1 heterocycles. The molecule has 8 nitrogen and oxygen atoms in total. The third-order valence-corrected chi connectivity index (χ3v) is 5.23. The van der Waals surface area contributed by atoms with E-state index in [2.05, 4.69) is 15.4 Å². The van der Waals surface area contributed by atoms with Gasteiger partial charge in [0.25, 0.3) is 5.91 Å². The van der Waals surface area contributed by atoms with E-state index in [-0.39, 0.29) is 16.2 Å². The molecule has 1 unspecified atom stereocenters. The molecular weight excluding hydrogens is 382 g/mol. The minimum atomic E-state index is -3.77. The quantitative estimate of drug-likeness (QED) is 0.653. The summed E-state index contributed by atoms with van der Waals surface area (Å²) in [5.41, 5.74) is -0.0146. The number of likely N-dealkylation sites (N-methyl/N-ethyl adjacent to an activating group) is 1. The van der Waals surface area contributed by atoms with Crippen molar-refractivity contribution in [2.24, 2.45) is 7.05 Å². The second kappa shape index (κ2) is 7.84. The summed E-state index contributed by atoms with van der Waals surface area (Å²) in [6.07, 6.45) is 1.23. The smallest absolute Gasteiger partial charge is 0.268 e. The number of sulfonamides is 1. The van der Waals surface area contributed by atoms with Gasteiger partial charge in [0.1, 0.15) is 16.6 Å². The molecular formula is C16H18F2N4O4S. The predicted octanol–water partition coefficient (Wildman–Crippen LogP) is 0.428. The van der Waals surface area contributed by atoms with Gasteiger partial charge in [0.15, 0.2) is 11.6 Å². The molecule has 0 radical (unpaired) electrons. The SMILES string of the molecule is CNC(=O)C(NC(=O)c1cc(S(=O)(=O)NC)cn1C)c1ccc(F)c(F)c1. The molecule has 0 saturated carbocycles. The number of carbonyl (C=O) groups is 2. The fourth-order valence-electron chi connectivity index (χ4n) is 2.37.